The SMILES string of the molecule is CC/C=C/CC/C=C/CC/C=C/C(O)C(CO)NC(=O)CCCCCCCCC. The zero-order valence-corrected chi connectivity index (χ0v) is 18.8. The predicted molar refractivity (Wildman–Crippen MR) is 124 cm³/mol. The number of amides is 1. The fourth-order valence-corrected chi connectivity index (χ4v) is 3.04. The van der Waals surface area contributed by atoms with Gasteiger partial charge in [-0.3, -0.25) is 4.79 Å². The topological polar surface area (TPSA) is 69.6 Å². The lowest BCUT2D eigenvalue weighted by atomic mass is 10.1. The van der Waals surface area contributed by atoms with Crippen molar-refractivity contribution in [3.05, 3.63) is 36.5 Å². The van der Waals surface area contributed by atoms with Gasteiger partial charge in [0.1, 0.15) is 0 Å². The van der Waals surface area contributed by atoms with Gasteiger partial charge < -0.3 is 15.5 Å². The number of hydrogen-bond acceptors (Lipinski definition) is 3. The maximum absolute atomic E-state index is 12.0. The van der Waals surface area contributed by atoms with Gasteiger partial charge in [0.25, 0.3) is 0 Å². The minimum atomic E-state index is -0.860. The van der Waals surface area contributed by atoms with Gasteiger partial charge in [0, 0.05) is 6.42 Å². The van der Waals surface area contributed by atoms with Gasteiger partial charge in [-0.15, -0.1) is 0 Å². The van der Waals surface area contributed by atoms with Crippen LogP contribution in [0.15, 0.2) is 36.5 Å². The molecule has 4 nitrogen and oxygen atoms in total. The molecule has 168 valence electrons. The van der Waals surface area contributed by atoms with E-state index < -0.39 is 12.1 Å². The van der Waals surface area contributed by atoms with E-state index in [0.29, 0.717) is 6.42 Å². The van der Waals surface area contributed by atoms with Gasteiger partial charge in [0.05, 0.1) is 18.8 Å². The highest BCUT2D eigenvalue weighted by Crippen LogP contribution is 2.09. The molecule has 0 aromatic carbocycles. The van der Waals surface area contributed by atoms with Crippen LogP contribution in [0.2, 0.25) is 0 Å². The summed E-state index contributed by atoms with van der Waals surface area (Å²) in [6, 6.07) is -0.635. The second kappa shape index (κ2) is 21.3. The molecule has 0 aliphatic heterocycles. The van der Waals surface area contributed by atoms with Crippen molar-refractivity contribution in [2.24, 2.45) is 0 Å². The third-order valence-corrected chi connectivity index (χ3v) is 4.87. The average molecular weight is 408 g/mol. The van der Waals surface area contributed by atoms with Gasteiger partial charge in [-0.05, 0) is 38.5 Å². The molecule has 2 unspecified atom stereocenters. The molecule has 0 aromatic rings. The van der Waals surface area contributed by atoms with Crippen LogP contribution in [0, 0.1) is 0 Å². The maximum atomic E-state index is 12.0. The molecule has 0 bridgehead atoms. The minimum Gasteiger partial charge on any atom is -0.394 e. The molecule has 2 atom stereocenters. The van der Waals surface area contributed by atoms with Gasteiger partial charge in [-0.25, -0.2) is 0 Å². The maximum Gasteiger partial charge on any atom is 0.220 e. The first-order valence-corrected chi connectivity index (χ1v) is 11.7. The molecule has 0 heterocycles. The number of hydrogen-bond donors (Lipinski definition) is 3. The highest BCUT2D eigenvalue weighted by molar-refractivity contribution is 5.76. The molecule has 0 aromatic heterocycles. The fraction of sp³-hybridized carbons (Fsp3) is 0.720. The number of carbonyl (C=O) groups is 1. The highest BCUT2D eigenvalue weighted by atomic mass is 16.3. The van der Waals surface area contributed by atoms with Crippen LogP contribution in [0.1, 0.15) is 97.3 Å². The van der Waals surface area contributed by atoms with E-state index in [1.54, 1.807) is 6.08 Å². The van der Waals surface area contributed by atoms with Gasteiger partial charge in [-0.1, -0.05) is 88.8 Å². The first-order valence-electron chi connectivity index (χ1n) is 11.7. The summed E-state index contributed by atoms with van der Waals surface area (Å²) in [5, 5.41) is 22.4. The Balaban J connectivity index is 3.90. The standard InChI is InChI=1S/C25H45NO3/c1-3-5-7-9-11-12-13-15-16-18-20-24(28)23(22-27)26-25(29)21-19-17-14-10-8-6-4-2/h5,7,12-13,18,20,23-24,27-28H,3-4,6,8-11,14-17,19,21-22H2,1-2H3,(H,26,29)/b7-5+,13-12+,20-18+. The van der Waals surface area contributed by atoms with Crippen molar-refractivity contribution in [1.82, 2.24) is 5.32 Å². The normalized spacial score (nSPS) is 14.2. The first kappa shape index (κ1) is 27.6. The van der Waals surface area contributed by atoms with Crippen molar-refractivity contribution < 1.29 is 15.0 Å². The fourth-order valence-electron chi connectivity index (χ4n) is 3.04. The lowest BCUT2D eigenvalue weighted by Crippen LogP contribution is -2.45. The van der Waals surface area contributed by atoms with Crippen LogP contribution >= 0.6 is 0 Å². The first-order chi connectivity index (χ1) is 14.2. The largest absolute Gasteiger partial charge is 0.394 e. The Morgan fingerprint density at radius 1 is 0.828 bits per heavy atom. The zero-order valence-electron chi connectivity index (χ0n) is 18.8. The minimum absolute atomic E-state index is 0.0925. The summed E-state index contributed by atoms with van der Waals surface area (Å²) in [5.74, 6) is -0.0925. The van der Waals surface area contributed by atoms with Crippen LogP contribution in [0.3, 0.4) is 0 Å². The number of aliphatic hydroxyl groups is 2. The van der Waals surface area contributed by atoms with E-state index in [4.69, 9.17) is 0 Å². The lowest BCUT2D eigenvalue weighted by Gasteiger charge is -2.19. The van der Waals surface area contributed by atoms with Crippen LogP contribution in [0.4, 0.5) is 0 Å². The van der Waals surface area contributed by atoms with Crippen molar-refractivity contribution >= 4 is 5.91 Å². The molecule has 0 fully saturated rings. The summed E-state index contributed by atoms with van der Waals surface area (Å²) in [6.07, 6.45) is 25.0. The lowest BCUT2D eigenvalue weighted by molar-refractivity contribution is -0.123. The Hall–Kier alpha value is -1.39. The number of nitrogens with one attached hydrogen (secondary N) is 1. The second-order valence-electron chi connectivity index (χ2n) is 7.65. The van der Waals surface area contributed by atoms with Crippen molar-refractivity contribution in [3.8, 4) is 0 Å². The summed E-state index contributed by atoms with van der Waals surface area (Å²) in [6.45, 7) is 4.08. The predicted octanol–water partition coefficient (Wildman–Crippen LogP) is 5.60. The molecule has 0 aliphatic rings. The average Bonchev–Trinajstić information content (AvgIpc) is 2.72. The molecule has 0 spiro atoms. The number of aliphatic hydroxyl groups excluding tert-OH is 2. The third-order valence-electron chi connectivity index (χ3n) is 4.87. The number of unbranched alkanes of at least 4 members (excludes halogenated alkanes) is 8. The molecule has 3 N–H and O–H groups in total. The summed E-state index contributed by atoms with van der Waals surface area (Å²) < 4.78 is 0. The van der Waals surface area contributed by atoms with Crippen LogP contribution in [0.5, 0.6) is 0 Å². The Morgan fingerprint density at radius 3 is 1.97 bits per heavy atom. The second-order valence-corrected chi connectivity index (χ2v) is 7.65. The monoisotopic (exact) mass is 407 g/mol. The van der Waals surface area contributed by atoms with E-state index in [1.165, 1.54) is 32.1 Å². The zero-order chi connectivity index (χ0) is 21.6. The highest BCUT2D eigenvalue weighted by Gasteiger charge is 2.17. The van der Waals surface area contributed by atoms with E-state index >= 15 is 0 Å². The Bertz CT molecular complexity index is 457. The van der Waals surface area contributed by atoms with E-state index in [2.05, 4.69) is 43.5 Å². The van der Waals surface area contributed by atoms with E-state index in [0.717, 1.165) is 44.9 Å². The van der Waals surface area contributed by atoms with Crippen LogP contribution in [0.25, 0.3) is 0 Å². The van der Waals surface area contributed by atoms with Gasteiger partial charge >= 0.3 is 0 Å². The molecule has 29 heavy (non-hydrogen) atoms. The number of rotatable bonds is 19. The quantitative estimate of drug-likeness (QED) is 0.193. The van der Waals surface area contributed by atoms with Crippen LogP contribution in [-0.2, 0) is 4.79 Å². The van der Waals surface area contributed by atoms with Gasteiger partial charge in [-0.2, -0.15) is 0 Å². The summed E-state index contributed by atoms with van der Waals surface area (Å²) in [7, 11) is 0. The summed E-state index contributed by atoms with van der Waals surface area (Å²) >= 11 is 0. The van der Waals surface area contributed by atoms with Crippen molar-refractivity contribution in [3.63, 3.8) is 0 Å². The molecule has 0 saturated carbocycles. The molecule has 4 heteroatoms. The smallest absolute Gasteiger partial charge is 0.220 e. The Morgan fingerprint density at radius 2 is 1.38 bits per heavy atom. The summed E-state index contributed by atoms with van der Waals surface area (Å²) in [5.41, 5.74) is 0. The molecule has 0 saturated heterocycles. The molecular weight excluding hydrogens is 362 g/mol. The Kier molecular flexibility index (Phi) is 20.3. The van der Waals surface area contributed by atoms with Crippen LogP contribution in [-0.4, -0.2) is 34.9 Å². The van der Waals surface area contributed by atoms with Crippen molar-refractivity contribution in [2.75, 3.05) is 6.61 Å². The molecule has 0 rings (SSSR count). The van der Waals surface area contributed by atoms with Gasteiger partial charge in [0.2, 0.25) is 5.91 Å². The van der Waals surface area contributed by atoms with Crippen LogP contribution < -0.4 is 5.32 Å². The molecule has 1 amide bonds. The molecular formula is C25H45NO3. The number of allylic oxidation sites excluding steroid dienone is 5. The third kappa shape index (κ3) is 18.4. The summed E-state index contributed by atoms with van der Waals surface area (Å²) in [4.78, 5) is 12.0. The van der Waals surface area contributed by atoms with E-state index in [1.807, 2.05) is 6.08 Å². The number of carbonyl (C=O) groups excluding carboxylic acids is 1. The Labute approximate surface area is 179 Å². The molecule has 0 aliphatic carbocycles. The van der Waals surface area contributed by atoms with Crippen molar-refractivity contribution in [1.29, 1.82) is 0 Å². The van der Waals surface area contributed by atoms with Crippen molar-refractivity contribution in [2.45, 2.75) is 109 Å². The van der Waals surface area contributed by atoms with E-state index in [9.17, 15) is 15.0 Å². The molecule has 0 radical (unpaired) electrons. The van der Waals surface area contributed by atoms with Gasteiger partial charge in [0.15, 0.2) is 0 Å². The van der Waals surface area contributed by atoms with E-state index in [-0.39, 0.29) is 12.5 Å².